The van der Waals surface area contributed by atoms with Crippen molar-refractivity contribution in [3.05, 3.63) is 234 Å². The first kappa shape index (κ1) is 32.9. The highest BCUT2D eigenvalue weighted by molar-refractivity contribution is 5.99. The number of benzene rings is 7. The van der Waals surface area contributed by atoms with Gasteiger partial charge in [0.05, 0.1) is 10.9 Å². The van der Waals surface area contributed by atoms with E-state index in [4.69, 9.17) is 10.7 Å². The third-order valence-electron chi connectivity index (χ3n) is 12.0. The molecule has 0 aliphatic heterocycles. The normalized spacial score (nSPS) is 13.3. The van der Waals surface area contributed by atoms with Crippen molar-refractivity contribution >= 4 is 21.7 Å². The quantitative estimate of drug-likeness (QED) is 0.173. The minimum Gasteiger partial charge on any atom is -0.405 e. The van der Waals surface area contributed by atoms with Gasteiger partial charge < -0.3 is 5.73 Å². The van der Waals surface area contributed by atoms with Crippen molar-refractivity contribution in [3.63, 3.8) is 0 Å². The van der Waals surface area contributed by atoms with Gasteiger partial charge in [0.25, 0.3) is 0 Å². The Morgan fingerprint density at radius 1 is 0.491 bits per heavy atom. The number of hydrogen-bond acceptors (Lipinski definition) is 2. The molecule has 0 saturated carbocycles. The van der Waals surface area contributed by atoms with Crippen LogP contribution in [-0.4, -0.2) is 4.98 Å². The van der Waals surface area contributed by atoms with Crippen LogP contribution < -0.4 is 5.73 Å². The van der Waals surface area contributed by atoms with Gasteiger partial charge in [-0.2, -0.15) is 0 Å². The zero-order valence-corrected chi connectivity index (χ0v) is 31.2. The molecule has 0 unspecified atom stereocenters. The zero-order valence-electron chi connectivity index (χ0n) is 31.2. The topological polar surface area (TPSA) is 38.9 Å². The summed E-state index contributed by atoms with van der Waals surface area (Å²) in [6.45, 7) is 0. The fraction of sp³-hybridized carbons (Fsp3) is 0.0364. The standard InChI is InChI=1S/C55H36N2/c56-30-12-2-5-15-43-35-49(36-13-3-1-4-14-36)48-29-27-42(34-54(48)57-43)40-25-23-37-31-39(24-22-38(37)32-40)41-26-28-47-46-18-8-11-21-52(46)55(53(47)33-41)50-19-9-6-16-44(50)45-17-7-10-20-51(45)55/h2-3,5-14,16-35H,15,56H2/b5-2-,30-12-. The molecule has 0 radical (unpaired) electrons. The molecular weight excluding hydrogens is 689 g/mol. The summed E-state index contributed by atoms with van der Waals surface area (Å²) in [6, 6.07) is 68.8. The lowest BCUT2D eigenvalue weighted by Crippen LogP contribution is -2.25. The van der Waals surface area contributed by atoms with Crippen LogP contribution in [0.15, 0.2) is 194 Å². The molecular formula is C55H36N2. The van der Waals surface area contributed by atoms with Crippen LogP contribution >= 0.6 is 0 Å². The smallest absolute Gasteiger partial charge is 0.0725 e. The Bertz CT molecular complexity index is 3050. The maximum Gasteiger partial charge on any atom is 0.0725 e. The van der Waals surface area contributed by atoms with Gasteiger partial charge in [0.2, 0.25) is 0 Å². The number of rotatable bonds is 6. The van der Waals surface area contributed by atoms with Crippen molar-refractivity contribution in [1.29, 1.82) is 0 Å². The molecule has 57 heavy (non-hydrogen) atoms. The van der Waals surface area contributed by atoms with Gasteiger partial charge in [-0.25, -0.2) is 0 Å². The largest absolute Gasteiger partial charge is 0.405 e. The molecule has 1 aromatic heterocycles. The van der Waals surface area contributed by atoms with E-state index in [9.17, 15) is 0 Å². The number of pyridine rings is 1. The van der Waals surface area contributed by atoms with Crippen LogP contribution in [0.25, 0.3) is 77.3 Å². The van der Waals surface area contributed by atoms with Gasteiger partial charge in [-0.15, -0.1) is 0 Å². The third kappa shape index (κ3) is 5.10. The molecule has 0 saturated heterocycles. The number of nitrogens with zero attached hydrogens (tertiary/aromatic N) is 1. The van der Waals surface area contributed by atoms with Crippen LogP contribution in [0.5, 0.6) is 0 Å². The van der Waals surface area contributed by atoms with Crippen LogP contribution in [0.4, 0.5) is 0 Å². The summed E-state index contributed by atoms with van der Waals surface area (Å²) in [5.41, 5.74) is 24.9. The summed E-state index contributed by atoms with van der Waals surface area (Å²) in [6.07, 6.45) is 8.12. The van der Waals surface area contributed by atoms with Gasteiger partial charge in [-0.1, -0.05) is 146 Å². The summed E-state index contributed by atoms with van der Waals surface area (Å²) in [4.78, 5) is 5.12. The average molecular weight is 725 g/mol. The monoisotopic (exact) mass is 724 g/mol. The van der Waals surface area contributed by atoms with Gasteiger partial charge in [-0.05, 0) is 149 Å². The minimum atomic E-state index is -0.353. The second-order valence-electron chi connectivity index (χ2n) is 15.1. The third-order valence-corrected chi connectivity index (χ3v) is 12.0. The van der Waals surface area contributed by atoms with Crippen LogP contribution in [0, 0.1) is 12.1 Å². The molecule has 8 aromatic carbocycles. The maximum absolute atomic E-state index is 5.55. The van der Waals surface area contributed by atoms with E-state index >= 15 is 0 Å². The maximum atomic E-state index is 5.55. The molecule has 266 valence electrons. The summed E-state index contributed by atoms with van der Waals surface area (Å²) >= 11 is 0. The SMILES string of the molecule is N/C=C\C=C/Cc1cc(-c2cc#ccc2)c2ccc(-c3ccc4cc(-c5ccc6c(c5)C5(c7ccccc7-c7ccccc75)c5ccccc5-6)ccc4c3)cc2n1. The van der Waals surface area contributed by atoms with Crippen molar-refractivity contribution in [2.75, 3.05) is 0 Å². The van der Waals surface area contributed by atoms with Crippen molar-refractivity contribution < 1.29 is 0 Å². The summed E-state index contributed by atoms with van der Waals surface area (Å²) in [5.74, 6) is 0. The number of aromatic nitrogens is 1. The Kier molecular flexibility index (Phi) is 7.56. The zero-order chi connectivity index (χ0) is 37.9. The lowest BCUT2D eigenvalue weighted by molar-refractivity contribution is 0.794. The lowest BCUT2D eigenvalue weighted by Gasteiger charge is -2.30. The highest BCUT2D eigenvalue weighted by Gasteiger charge is 2.51. The summed E-state index contributed by atoms with van der Waals surface area (Å²) < 4.78 is 0. The molecule has 9 aromatic rings. The number of allylic oxidation sites excluding steroid dienone is 3. The minimum absolute atomic E-state index is 0.353. The van der Waals surface area contributed by atoms with E-state index < -0.39 is 0 Å². The van der Waals surface area contributed by atoms with Crippen LogP contribution in [0.1, 0.15) is 27.9 Å². The first-order valence-electron chi connectivity index (χ1n) is 19.5. The molecule has 2 heteroatoms. The van der Waals surface area contributed by atoms with Gasteiger partial charge in [0.1, 0.15) is 0 Å². The number of hydrogen-bond donors (Lipinski definition) is 1. The van der Waals surface area contributed by atoms with Crippen LogP contribution in [0.2, 0.25) is 0 Å². The van der Waals surface area contributed by atoms with Gasteiger partial charge >= 0.3 is 0 Å². The molecule has 2 aliphatic rings. The summed E-state index contributed by atoms with van der Waals surface area (Å²) in [7, 11) is 0. The van der Waals surface area contributed by atoms with Crippen molar-refractivity contribution in [3.8, 4) is 55.6 Å². The predicted molar refractivity (Wildman–Crippen MR) is 236 cm³/mol. The fourth-order valence-corrected chi connectivity index (χ4v) is 9.53. The van der Waals surface area contributed by atoms with E-state index in [0.29, 0.717) is 6.42 Å². The van der Waals surface area contributed by atoms with E-state index in [1.54, 1.807) is 6.20 Å². The molecule has 2 aliphatic carbocycles. The van der Waals surface area contributed by atoms with Crippen molar-refractivity contribution in [2.45, 2.75) is 11.8 Å². The Morgan fingerprint density at radius 2 is 1.07 bits per heavy atom. The van der Waals surface area contributed by atoms with E-state index in [-0.39, 0.29) is 5.41 Å². The average Bonchev–Trinajstić information content (AvgIpc) is 3.74. The molecule has 0 amide bonds. The Balaban J connectivity index is 0.987. The first-order valence-corrected chi connectivity index (χ1v) is 19.5. The molecule has 11 rings (SSSR count). The molecule has 0 atom stereocenters. The van der Waals surface area contributed by atoms with Crippen molar-refractivity contribution in [2.24, 2.45) is 5.73 Å². The van der Waals surface area contributed by atoms with E-state index in [1.165, 1.54) is 66.4 Å². The molecule has 0 fully saturated rings. The van der Waals surface area contributed by atoms with E-state index in [1.807, 2.05) is 24.3 Å². The highest BCUT2D eigenvalue weighted by Crippen LogP contribution is 2.63. The predicted octanol–water partition coefficient (Wildman–Crippen LogP) is 12.9. The molecule has 1 spiro atoms. The Hall–Kier alpha value is -7.47. The molecule has 2 N–H and O–H groups in total. The van der Waals surface area contributed by atoms with E-state index in [2.05, 4.69) is 176 Å². The van der Waals surface area contributed by atoms with Gasteiger partial charge in [0, 0.05) is 17.5 Å². The highest BCUT2D eigenvalue weighted by atomic mass is 14.7. The van der Waals surface area contributed by atoms with Gasteiger partial charge in [-0.3, -0.25) is 4.98 Å². The first-order chi connectivity index (χ1) is 28.2. The molecule has 1 heterocycles. The van der Waals surface area contributed by atoms with Crippen LogP contribution in [-0.2, 0) is 11.8 Å². The van der Waals surface area contributed by atoms with Gasteiger partial charge in [0.15, 0.2) is 0 Å². The fourth-order valence-electron chi connectivity index (χ4n) is 9.53. The van der Waals surface area contributed by atoms with E-state index in [0.717, 1.165) is 38.9 Å². The Labute approximate surface area is 332 Å². The number of fused-ring (bicyclic) bond motifs is 12. The molecule has 0 bridgehead atoms. The lowest BCUT2D eigenvalue weighted by atomic mass is 9.70. The second-order valence-corrected chi connectivity index (χ2v) is 15.1. The van der Waals surface area contributed by atoms with Crippen LogP contribution in [0.3, 0.4) is 0 Å². The van der Waals surface area contributed by atoms with Crippen molar-refractivity contribution in [1.82, 2.24) is 4.98 Å². The second kappa shape index (κ2) is 13.1. The molecule has 2 nitrogen and oxygen atoms in total. The summed E-state index contributed by atoms with van der Waals surface area (Å²) in [5, 5.41) is 3.53. The Morgan fingerprint density at radius 3 is 1.70 bits per heavy atom. The number of nitrogens with two attached hydrogens (primary N) is 1.